The van der Waals surface area contributed by atoms with E-state index in [2.05, 4.69) is 9.88 Å². The largest absolute Gasteiger partial charge is 0.477 e. The number of benzene rings is 1. The number of rotatable bonds is 4. The summed E-state index contributed by atoms with van der Waals surface area (Å²) in [5.74, 6) is -1.23. The summed E-state index contributed by atoms with van der Waals surface area (Å²) in [4.78, 5) is 42.8. The maximum Gasteiger partial charge on any atom is 0.410 e. The molecule has 2 aromatic rings. The zero-order chi connectivity index (χ0) is 23.2. The van der Waals surface area contributed by atoms with Crippen molar-refractivity contribution in [3.63, 3.8) is 0 Å². The van der Waals surface area contributed by atoms with Crippen LogP contribution < -0.4 is 10.5 Å². The Hall–Kier alpha value is -3.29. The van der Waals surface area contributed by atoms with Crippen LogP contribution in [0.15, 0.2) is 35.1 Å². The second-order valence-electron chi connectivity index (χ2n) is 9.45. The van der Waals surface area contributed by atoms with Crippen molar-refractivity contribution in [1.82, 2.24) is 9.88 Å². The van der Waals surface area contributed by atoms with Crippen LogP contribution in [0.2, 0.25) is 0 Å². The highest BCUT2D eigenvalue weighted by Crippen LogP contribution is 2.36. The number of nitrogens with one attached hydrogen (secondary N) is 1. The standard InChI is InChI=1S/C24H29N3O5/c1-5-14-10-19(22(29)30)21(28)25-20(14)15-6-8-16(9-7-15)26-12-18-11-17(26)13-27(18)23(31)32-24(2,3)4/h6-10,17-18H,5,11-13H2,1-4H3,(H,25,28)(H,29,30)/t17-,18-/m0/s1. The molecular formula is C24H29N3O5. The zero-order valence-corrected chi connectivity index (χ0v) is 18.8. The maximum absolute atomic E-state index is 12.5. The number of carbonyl (C=O) groups is 2. The lowest BCUT2D eigenvalue weighted by atomic mass is 10.0. The molecule has 32 heavy (non-hydrogen) atoms. The highest BCUT2D eigenvalue weighted by molar-refractivity contribution is 5.88. The third-order valence-corrected chi connectivity index (χ3v) is 6.09. The van der Waals surface area contributed by atoms with E-state index in [0.717, 1.165) is 29.8 Å². The zero-order valence-electron chi connectivity index (χ0n) is 18.8. The van der Waals surface area contributed by atoms with Crippen LogP contribution in [0.5, 0.6) is 0 Å². The lowest BCUT2D eigenvalue weighted by Crippen LogP contribution is -2.50. The molecule has 2 bridgehead atoms. The molecule has 0 spiro atoms. The van der Waals surface area contributed by atoms with Crippen molar-refractivity contribution in [3.05, 3.63) is 51.8 Å². The quantitative estimate of drug-likeness (QED) is 0.756. The van der Waals surface area contributed by atoms with E-state index in [1.54, 1.807) is 0 Å². The number of aromatic nitrogens is 1. The summed E-state index contributed by atoms with van der Waals surface area (Å²) in [5.41, 5.74) is 1.97. The summed E-state index contributed by atoms with van der Waals surface area (Å²) < 4.78 is 5.54. The molecule has 8 heteroatoms. The molecule has 2 aliphatic heterocycles. The van der Waals surface area contributed by atoms with Crippen LogP contribution in [-0.2, 0) is 11.2 Å². The second-order valence-corrected chi connectivity index (χ2v) is 9.45. The molecule has 1 aromatic heterocycles. The predicted molar refractivity (Wildman–Crippen MR) is 121 cm³/mol. The van der Waals surface area contributed by atoms with Gasteiger partial charge in [-0.3, -0.25) is 4.79 Å². The van der Waals surface area contributed by atoms with E-state index in [1.165, 1.54) is 6.07 Å². The molecule has 0 aliphatic carbocycles. The second kappa shape index (κ2) is 8.00. The Morgan fingerprint density at radius 1 is 1.16 bits per heavy atom. The summed E-state index contributed by atoms with van der Waals surface area (Å²) in [5, 5.41) is 9.21. The third-order valence-electron chi connectivity index (χ3n) is 6.09. The van der Waals surface area contributed by atoms with Gasteiger partial charge in [-0.2, -0.15) is 0 Å². The normalized spacial score (nSPS) is 20.0. The topological polar surface area (TPSA) is 103 Å². The SMILES string of the molecule is CCc1cc(C(=O)O)c(=O)[nH]c1-c1ccc(N2C[C@@H]3C[C@H]2CN3C(=O)OC(C)(C)C)cc1. The number of aromatic amines is 1. The summed E-state index contributed by atoms with van der Waals surface area (Å²) >= 11 is 0. The van der Waals surface area contributed by atoms with Crippen LogP contribution in [0.4, 0.5) is 10.5 Å². The first-order valence-corrected chi connectivity index (χ1v) is 10.9. The first-order chi connectivity index (χ1) is 15.1. The number of nitrogens with zero attached hydrogens (tertiary/aromatic N) is 2. The predicted octanol–water partition coefficient (Wildman–Crippen LogP) is 3.50. The summed E-state index contributed by atoms with van der Waals surface area (Å²) in [6.45, 7) is 8.95. The number of pyridine rings is 1. The van der Waals surface area contributed by atoms with Gasteiger partial charge in [0.15, 0.2) is 0 Å². The van der Waals surface area contributed by atoms with Crippen molar-refractivity contribution in [1.29, 1.82) is 0 Å². The molecule has 4 rings (SSSR count). The van der Waals surface area contributed by atoms with Gasteiger partial charge in [0, 0.05) is 24.8 Å². The van der Waals surface area contributed by atoms with Crippen LogP contribution in [-0.4, -0.2) is 57.8 Å². The number of hydrogen-bond donors (Lipinski definition) is 2. The molecule has 2 aliphatic rings. The van der Waals surface area contributed by atoms with Crippen LogP contribution in [0.25, 0.3) is 11.3 Å². The number of amides is 1. The summed E-state index contributed by atoms with van der Waals surface area (Å²) in [7, 11) is 0. The minimum absolute atomic E-state index is 0.140. The van der Waals surface area contributed by atoms with Crippen LogP contribution in [0, 0.1) is 0 Å². The van der Waals surface area contributed by atoms with E-state index in [0.29, 0.717) is 18.7 Å². The highest BCUT2D eigenvalue weighted by Gasteiger charge is 2.46. The van der Waals surface area contributed by atoms with Gasteiger partial charge in [-0.25, -0.2) is 9.59 Å². The van der Waals surface area contributed by atoms with E-state index in [4.69, 9.17) is 4.74 Å². The fourth-order valence-electron chi connectivity index (χ4n) is 4.62. The number of aryl methyl sites for hydroxylation is 1. The van der Waals surface area contributed by atoms with Crippen molar-refractivity contribution >= 4 is 17.7 Å². The smallest absolute Gasteiger partial charge is 0.410 e. The number of fused-ring (bicyclic) bond motifs is 2. The molecule has 3 heterocycles. The summed E-state index contributed by atoms with van der Waals surface area (Å²) in [6.07, 6.45) is 1.27. The molecule has 0 unspecified atom stereocenters. The highest BCUT2D eigenvalue weighted by atomic mass is 16.6. The summed E-state index contributed by atoms with van der Waals surface area (Å²) in [6, 6.07) is 9.75. The average Bonchev–Trinajstić information content (AvgIpc) is 3.33. The molecule has 0 saturated carbocycles. The Labute approximate surface area is 186 Å². The Balaban J connectivity index is 1.51. The number of carbonyl (C=O) groups excluding carboxylic acids is 1. The molecule has 2 atom stereocenters. The van der Waals surface area contributed by atoms with Gasteiger partial charge in [-0.15, -0.1) is 0 Å². The van der Waals surface area contributed by atoms with Gasteiger partial charge in [-0.1, -0.05) is 19.1 Å². The first-order valence-electron chi connectivity index (χ1n) is 10.9. The van der Waals surface area contributed by atoms with Gasteiger partial charge < -0.3 is 24.6 Å². The van der Waals surface area contributed by atoms with E-state index in [9.17, 15) is 19.5 Å². The molecule has 2 saturated heterocycles. The van der Waals surface area contributed by atoms with Gasteiger partial charge in [0.1, 0.15) is 11.2 Å². The van der Waals surface area contributed by atoms with E-state index in [-0.39, 0.29) is 23.7 Å². The Kier molecular flexibility index (Phi) is 5.48. The van der Waals surface area contributed by atoms with Gasteiger partial charge >= 0.3 is 12.1 Å². The van der Waals surface area contributed by atoms with Crippen molar-refractivity contribution in [2.75, 3.05) is 18.0 Å². The minimum Gasteiger partial charge on any atom is -0.477 e. The van der Waals surface area contributed by atoms with Gasteiger partial charge in [0.05, 0.1) is 11.7 Å². The fraction of sp³-hybridized carbons (Fsp3) is 0.458. The molecule has 1 amide bonds. The monoisotopic (exact) mass is 439 g/mol. The Morgan fingerprint density at radius 2 is 1.84 bits per heavy atom. The number of ether oxygens (including phenoxy) is 1. The van der Waals surface area contributed by atoms with Crippen LogP contribution >= 0.6 is 0 Å². The van der Waals surface area contributed by atoms with E-state index >= 15 is 0 Å². The van der Waals surface area contributed by atoms with Crippen molar-refractivity contribution in [3.8, 4) is 11.3 Å². The molecule has 2 N–H and O–H groups in total. The number of anilines is 1. The number of hydrogen-bond acceptors (Lipinski definition) is 5. The molecule has 0 radical (unpaired) electrons. The minimum atomic E-state index is -1.23. The Bertz CT molecular complexity index is 1100. The third kappa shape index (κ3) is 4.09. The number of carboxylic acid groups (broad SMARTS) is 1. The number of likely N-dealkylation sites (tertiary alicyclic amines) is 1. The van der Waals surface area contributed by atoms with Gasteiger partial charge in [0.25, 0.3) is 5.56 Å². The molecule has 8 nitrogen and oxygen atoms in total. The van der Waals surface area contributed by atoms with E-state index in [1.807, 2.05) is 56.9 Å². The molecule has 170 valence electrons. The van der Waals surface area contributed by atoms with Crippen LogP contribution in [0.1, 0.15) is 50.0 Å². The average molecular weight is 440 g/mol. The number of piperazine rings is 1. The van der Waals surface area contributed by atoms with Gasteiger partial charge in [0.2, 0.25) is 0 Å². The fourth-order valence-corrected chi connectivity index (χ4v) is 4.62. The van der Waals surface area contributed by atoms with Crippen molar-refractivity contribution in [2.24, 2.45) is 0 Å². The lowest BCUT2D eigenvalue weighted by molar-refractivity contribution is 0.0214. The molecular weight excluding hydrogens is 410 g/mol. The lowest BCUT2D eigenvalue weighted by Gasteiger charge is -2.36. The van der Waals surface area contributed by atoms with Crippen molar-refractivity contribution in [2.45, 2.75) is 58.2 Å². The number of H-pyrrole nitrogens is 1. The van der Waals surface area contributed by atoms with Crippen LogP contribution in [0.3, 0.4) is 0 Å². The molecule has 2 fully saturated rings. The van der Waals surface area contributed by atoms with Crippen molar-refractivity contribution < 1.29 is 19.4 Å². The Morgan fingerprint density at radius 3 is 2.38 bits per heavy atom. The molecule has 1 aromatic carbocycles. The number of aromatic carboxylic acids is 1. The number of carboxylic acids is 1. The van der Waals surface area contributed by atoms with E-state index < -0.39 is 17.1 Å². The first kappa shape index (κ1) is 21.9. The maximum atomic E-state index is 12.5. The van der Waals surface area contributed by atoms with Gasteiger partial charge in [-0.05, 0) is 62.9 Å².